The van der Waals surface area contributed by atoms with Crippen molar-refractivity contribution in [3.63, 3.8) is 0 Å². The molecule has 1 aliphatic heterocycles. The van der Waals surface area contributed by atoms with Gasteiger partial charge in [-0.2, -0.15) is 0 Å². The van der Waals surface area contributed by atoms with Crippen LogP contribution < -0.4 is 0 Å². The van der Waals surface area contributed by atoms with Crippen LogP contribution in [0.2, 0.25) is 0 Å². The fourth-order valence-electron chi connectivity index (χ4n) is 2.73. The van der Waals surface area contributed by atoms with Gasteiger partial charge in [0.15, 0.2) is 0 Å². The summed E-state index contributed by atoms with van der Waals surface area (Å²) in [5.41, 5.74) is 0. The first kappa shape index (κ1) is 16.2. The highest BCUT2D eigenvalue weighted by molar-refractivity contribution is 5.67. The van der Waals surface area contributed by atoms with Crippen LogP contribution in [0.1, 0.15) is 27.2 Å². The summed E-state index contributed by atoms with van der Waals surface area (Å²) in [6.45, 7) is 10.4. The predicted octanol–water partition coefficient (Wildman–Crippen LogP) is 1.49. The van der Waals surface area contributed by atoms with Crippen LogP contribution in [-0.2, 0) is 4.74 Å². The number of piperazine rings is 1. The Kier molecular flexibility index (Phi) is 6.58. The monoisotopic (exact) mass is 271 g/mol. The lowest BCUT2D eigenvalue weighted by atomic mass is 10.1. The molecule has 0 N–H and O–H groups in total. The van der Waals surface area contributed by atoms with Crippen molar-refractivity contribution < 1.29 is 9.53 Å². The minimum absolute atomic E-state index is 0.172. The number of hydrogen-bond acceptors (Lipinski definition) is 4. The number of rotatable bonds is 5. The highest BCUT2D eigenvalue weighted by Crippen LogP contribution is 2.16. The number of amides is 1. The van der Waals surface area contributed by atoms with Crippen molar-refractivity contribution in [1.82, 2.24) is 14.7 Å². The Balaban J connectivity index is 2.45. The van der Waals surface area contributed by atoms with Crippen LogP contribution >= 0.6 is 0 Å². The van der Waals surface area contributed by atoms with Gasteiger partial charge in [-0.3, -0.25) is 4.90 Å². The molecule has 2 unspecified atom stereocenters. The molecule has 1 fully saturated rings. The summed E-state index contributed by atoms with van der Waals surface area (Å²) in [6, 6.07) is 0.797. The molecule has 2 atom stereocenters. The minimum atomic E-state index is -0.172. The smallest absolute Gasteiger partial charge is 0.409 e. The minimum Gasteiger partial charge on any atom is -0.450 e. The number of carbonyl (C=O) groups excluding carboxylic acids is 1. The van der Waals surface area contributed by atoms with Gasteiger partial charge in [0.1, 0.15) is 0 Å². The van der Waals surface area contributed by atoms with Crippen LogP contribution in [0.25, 0.3) is 0 Å². The summed E-state index contributed by atoms with van der Waals surface area (Å²) < 4.78 is 5.09. The molecule has 0 aromatic rings. The molecule has 0 aliphatic carbocycles. The maximum Gasteiger partial charge on any atom is 0.409 e. The van der Waals surface area contributed by atoms with E-state index in [2.05, 4.69) is 37.7 Å². The van der Waals surface area contributed by atoms with E-state index in [1.807, 2.05) is 11.8 Å². The molecule has 1 rings (SSSR count). The molecular weight excluding hydrogens is 242 g/mol. The lowest BCUT2D eigenvalue weighted by Crippen LogP contribution is -2.58. The Morgan fingerprint density at radius 3 is 2.32 bits per heavy atom. The van der Waals surface area contributed by atoms with E-state index >= 15 is 0 Å². The molecule has 1 aliphatic rings. The zero-order valence-corrected chi connectivity index (χ0v) is 13.1. The number of nitrogens with zero attached hydrogens (tertiary/aromatic N) is 3. The molecule has 5 nitrogen and oxygen atoms in total. The summed E-state index contributed by atoms with van der Waals surface area (Å²) in [5, 5.41) is 0. The molecule has 0 spiro atoms. The Morgan fingerprint density at radius 2 is 1.84 bits per heavy atom. The van der Waals surface area contributed by atoms with Gasteiger partial charge >= 0.3 is 6.09 Å². The topological polar surface area (TPSA) is 36.0 Å². The number of ether oxygens (including phenoxy) is 1. The first-order chi connectivity index (χ1) is 8.95. The van der Waals surface area contributed by atoms with E-state index in [9.17, 15) is 4.79 Å². The Labute approximate surface area is 117 Å². The average molecular weight is 271 g/mol. The van der Waals surface area contributed by atoms with E-state index in [0.717, 1.165) is 26.2 Å². The van der Waals surface area contributed by atoms with Gasteiger partial charge in [0.2, 0.25) is 0 Å². The molecule has 5 heteroatoms. The average Bonchev–Trinajstić information content (AvgIpc) is 2.32. The standard InChI is InChI=1S/C14H29N3O2/c1-6-19-14(18)16-10-12(2)17(13(3)11-16)9-7-8-15(4)5/h12-13H,6-11H2,1-5H3. The van der Waals surface area contributed by atoms with Gasteiger partial charge in [0.05, 0.1) is 6.61 Å². The normalized spacial score (nSPS) is 24.8. The van der Waals surface area contributed by atoms with Gasteiger partial charge in [-0.25, -0.2) is 4.79 Å². The second kappa shape index (κ2) is 7.70. The maximum atomic E-state index is 11.8. The van der Waals surface area contributed by atoms with Gasteiger partial charge in [0.25, 0.3) is 0 Å². The molecule has 0 radical (unpaired) electrons. The van der Waals surface area contributed by atoms with Gasteiger partial charge < -0.3 is 14.5 Å². The summed E-state index contributed by atoms with van der Waals surface area (Å²) in [5.74, 6) is 0. The van der Waals surface area contributed by atoms with Gasteiger partial charge in [-0.1, -0.05) is 0 Å². The lowest BCUT2D eigenvalue weighted by molar-refractivity contribution is 0.0276. The van der Waals surface area contributed by atoms with Gasteiger partial charge in [-0.05, 0) is 47.8 Å². The highest BCUT2D eigenvalue weighted by Gasteiger charge is 2.31. The van der Waals surface area contributed by atoms with Crippen molar-refractivity contribution in [2.45, 2.75) is 39.3 Å². The van der Waals surface area contributed by atoms with E-state index in [1.54, 1.807) is 0 Å². The largest absolute Gasteiger partial charge is 0.450 e. The third-order valence-electron chi connectivity index (χ3n) is 3.65. The van der Waals surface area contributed by atoms with E-state index in [4.69, 9.17) is 4.74 Å². The zero-order valence-electron chi connectivity index (χ0n) is 13.1. The van der Waals surface area contributed by atoms with Crippen LogP contribution in [0.5, 0.6) is 0 Å². The van der Waals surface area contributed by atoms with Crippen molar-refractivity contribution in [1.29, 1.82) is 0 Å². The van der Waals surface area contributed by atoms with E-state index in [0.29, 0.717) is 18.7 Å². The fraction of sp³-hybridized carbons (Fsp3) is 0.929. The fourth-order valence-corrected chi connectivity index (χ4v) is 2.73. The Morgan fingerprint density at radius 1 is 1.26 bits per heavy atom. The third kappa shape index (κ3) is 4.99. The molecule has 1 saturated heterocycles. The van der Waals surface area contributed by atoms with E-state index < -0.39 is 0 Å². The van der Waals surface area contributed by atoms with Crippen molar-refractivity contribution in [2.75, 3.05) is 46.9 Å². The summed E-state index contributed by atoms with van der Waals surface area (Å²) >= 11 is 0. The van der Waals surface area contributed by atoms with Crippen molar-refractivity contribution in [3.05, 3.63) is 0 Å². The molecule has 0 aromatic heterocycles. The highest BCUT2D eigenvalue weighted by atomic mass is 16.6. The van der Waals surface area contributed by atoms with Crippen LogP contribution in [0, 0.1) is 0 Å². The quantitative estimate of drug-likeness (QED) is 0.759. The number of carbonyl (C=O) groups is 1. The van der Waals surface area contributed by atoms with Crippen molar-refractivity contribution >= 4 is 6.09 Å². The van der Waals surface area contributed by atoms with Crippen LogP contribution in [0.15, 0.2) is 0 Å². The molecule has 19 heavy (non-hydrogen) atoms. The predicted molar refractivity (Wildman–Crippen MR) is 77.4 cm³/mol. The molecule has 0 saturated carbocycles. The second-order valence-corrected chi connectivity index (χ2v) is 5.70. The molecule has 0 aromatic carbocycles. The molecule has 0 bridgehead atoms. The van der Waals surface area contributed by atoms with Crippen molar-refractivity contribution in [2.24, 2.45) is 0 Å². The summed E-state index contributed by atoms with van der Waals surface area (Å²) in [6.07, 6.45) is 0.996. The van der Waals surface area contributed by atoms with Crippen molar-refractivity contribution in [3.8, 4) is 0 Å². The van der Waals surface area contributed by atoms with Gasteiger partial charge in [0, 0.05) is 31.7 Å². The van der Waals surface area contributed by atoms with Gasteiger partial charge in [-0.15, -0.1) is 0 Å². The Hall–Kier alpha value is -0.810. The Bertz CT molecular complexity index is 272. The van der Waals surface area contributed by atoms with Crippen LogP contribution in [-0.4, -0.2) is 79.8 Å². The molecule has 1 heterocycles. The number of hydrogen-bond donors (Lipinski definition) is 0. The summed E-state index contributed by atoms with van der Waals surface area (Å²) in [7, 11) is 4.21. The molecule has 112 valence electrons. The van der Waals surface area contributed by atoms with Crippen LogP contribution in [0.4, 0.5) is 4.79 Å². The first-order valence-electron chi connectivity index (χ1n) is 7.27. The summed E-state index contributed by atoms with van der Waals surface area (Å²) in [4.78, 5) is 18.3. The van der Waals surface area contributed by atoms with Crippen LogP contribution in [0.3, 0.4) is 0 Å². The maximum absolute atomic E-state index is 11.8. The molecule has 1 amide bonds. The lowest BCUT2D eigenvalue weighted by Gasteiger charge is -2.44. The van der Waals surface area contributed by atoms with E-state index in [1.165, 1.54) is 6.42 Å². The third-order valence-corrected chi connectivity index (χ3v) is 3.65. The zero-order chi connectivity index (χ0) is 14.4. The SMILES string of the molecule is CCOC(=O)N1CC(C)N(CCCN(C)C)C(C)C1. The second-order valence-electron chi connectivity index (χ2n) is 5.70. The van der Waals surface area contributed by atoms with E-state index in [-0.39, 0.29) is 6.09 Å². The first-order valence-corrected chi connectivity index (χ1v) is 7.27. The molecular formula is C14H29N3O2.